The number of nitrogens with one attached hydrogen (secondary N) is 1. The average Bonchev–Trinajstić information content (AvgIpc) is 2.69. The highest BCUT2D eigenvalue weighted by molar-refractivity contribution is 6.04. The SMILES string of the molecule is Cc1cc(C2C(c3cc(C=N)c(N)c(C(=O)N(C)C)c3)=CC=CN2C)ccc1F. The molecule has 1 unspecified atom stereocenters. The molecule has 0 aromatic heterocycles. The van der Waals surface area contributed by atoms with Gasteiger partial charge in [-0.2, -0.15) is 0 Å². The normalized spacial score (nSPS) is 15.8. The van der Waals surface area contributed by atoms with Crippen molar-refractivity contribution in [2.45, 2.75) is 13.0 Å². The van der Waals surface area contributed by atoms with Gasteiger partial charge in [-0.15, -0.1) is 0 Å². The summed E-state index contributed by atoms with van der Waals surface area (Å²) in [6.45, 7) is 1.74. The maximum Gasteiger partial charge on any atom is 0.255 e. The Kier molecular flexibility index (Phi) is 5.55. The molecular weight excluding hydrogens is 367 g/mol. The van der Waals surface area contributed by atoms with Crippen molar-refractivity contribution in [2.24, 2.45) is 0 Å². The molecule has 29 heavy (non-hydrogen) atoms. The number of rotatable bonds is 4. The van der Waals surface area contributed by atoms with Crippen LogP contribution in [0.5, 0.6) is 0 Å². The lowest BCUT2D eigenvalue weighted by Crippen LogP contribution is -2.25. The summed E-state index contributed by atoms with van der Waals surface area (Å²) in [6, 6.07) is 8.51. The van der Waals surface area contributed by atoms with Gasteiger partial charge in [-0.05, 0) is 59.7 Å². The van der Waals surface area contributed by atoms with Gasteiger partial charge in [0.15, 0.2) is 0 Å². The van der Waals surface area contributed by atoms with E-state index in [0.717, 1.165) is 22.9 Å². The molecule has 0 saturated carbocycles. The zero-order valence-corrected chi connectivity index (χ0v) is 17.0. The number of nitrogens with zero attached hydrogens (tertiary/aromatic N) is 2. The topological polar surface area (TPSA) is 73.4 Å². The fourth-order valence-corrected chi connectivity index (χ4v) is 3.57. The first kappa shape index (κ1) is 20.3. The maximum atomic E-state index is 13.8. The molecule has 1 amide bonds. The van der Waals surface area contributed by atoms with Crippen LogP contribution in [0.1, 0.15) is 38.7 Å². The van der Waals surface area contributed by atoms with Gasteiger partial charge in [0.2, 0.25) is 0 Å². The Bertz CT molecular complexity index is 1040. The number of amides is 1. The van der Waals surface area contributed by atoms with Gasteiger partial charge in [-0.1, -0.05) is 18.2 Å². The van der Waals surface area contributed by atoms with E-state index in [-0.39, 0.29) is 23.5 Å². The van der Waals surface area contributed by atoms with Gasteiger partial charge in [0.25, 0.3) is 5.91 Å². The number of nitrogens with two attached hydrogens (primary N) is 1. The number of likely N-dealkylation sites (N-methyl/N-ethyl adjacent to an activating group) is 1. The molecule has 0 saturated heterocycles. The molecule has 0 aliphatic carbocycles. The van der Waals surface area contributed by atoms with Crippen LogP contribution in [0.2, 0.25) is 0 Å². The molecule has 0 spiro atoms. The minimum Gasteiger partial charge on any atom is -0.398 e. The molecule has 1 aliphatic heterocycles. The third-order valence-electron chi connectivity index (χ3n) is 5.13. The van der Waals surface area contributed by atoms with E-state index in [0.29, 0.717) is 16.7 Å². The largest absolute Gasteiger partial charge is 0.398 e. The zero-order valence-electron chi connectivity index (χ0n) is 17.0. The van der Waals surface area contributed by atoms with Crippen molar-refractivity contribution in [1.29, 1.82) is 5.41 Å². The van der Waals surface area contributed by atoms with Crippen LogP contribution in [0.3, 0.4) is 0 Å². The minimum absolute atomic E-state index is 0.163. The second-order valence-corrected chi connectivity index (χ2v) is 7.41. The highest BCUT2D eigenvalue weighted by Gasteiger charge is 2.26. The smallest absolute Gasteiger partial charge is 0.255 e. The predicted molar refractivity (Wildman–Crippen MR) is 116 cm³/mol. The molecule has 3 rings (SSSR count). The van der Waals surface area contributed by atoms with E-state index in [1.54, 1.807) is 33.2 Å². The van der Waals surface area contributed by atoms with Gasteiger partial charge in [0.1, 0.15) is 5.82 Å². The number of benzene rings is 2. The summed E-state index contributed by atoms with van der Waals surface area (Å²) in [6.07, 6.45) is 7.02. The first-order valence-corrected chi connectivity index (χ1v) is 9.27. The molecular formula is C23H25FN4O. The fourth-order valence-electron chi connectivity index (χ4n) is 3.57. The summed E-state index contributed by atoms with van der Waals surface area (Å²) in [4.78, 5) is 16.2. The van der Waals surface area contributed by atoms with Crippen LogP contribution in [0.15, 0.2) is 48.7 Å². The Morgan fingerprint density at radius 1 is 1.28 bits per heavy atom. The number of nitrogen functional groups attached to an aromatic ring is 1. The molecule has 6 heteroatoms. The van der Waals surface area contributed by atoms with Crippen LogP contribution in [-0.2, 0) is 0 Å². The first-order chi connectivity index (χ1) is 13.7. The van der Waals surface area contributed by atoms with E-state index < -0.39 is 0 Å². The highest BCUT2D eigenvalue weighted by atomic mass is 19.1. The van der Waals surface area contributed by atoms with E-state index in [2.05, 4.69) is 0 Å². The molecule has 2 aromatic carbocycles. The van der Waals surface area contributed by atoms with Gasteiger partial charge >= 0.3 is 0 Å². The van der Waals surface area contributed by atoms with Crippen molar-refractivity contribution in [1.82, 2.24) is 9.80 Å². The molecule has 1 heterocycles. The van der Waals surface area contributed by atoms with Crippen molar-refractivity contribution >= 4 is 23.4 Å². The third kappa shape index (κ3) is 3.78. The van der Waals surface area contributed by atoms with Crippen molar-refractivity contribution in [2.75, 3.05) is 26.9 Å². The molecule has 2 aromatic rings. The van der Waals surface area contributed by atoms with Crippen LogP contribution >= 0.6 is 0 Å². The van der Waals surface area contributed by atoms with E-state index in [9.17, 15) is 9.18 Å². The molecule has 5 nitrogen and oxygen atoms in total. The molecule has 1 aliphatic rings. The Balaban J connectivity index is 2.18. The van der Waals surface area contributed by atoms with Crippen molar-refractivity contribution in [3.05, 3.63) is 82.3 Å². The van der Waals surface area contributed by atoms with Gasteiger partial charge in [0.05, 0.1) is 17.3 Å². The average molecular weight is 392 g/mol. The Hall–Kier alpha value is -3.41. The van der Waals surface area contributed by atoms with Crippen LogP contribution in [0.4, 0.5) is 10.1 Å². The Morgan fingerprint density at radius 2 is 2.00 bits per heavy atom. The maximum absolute atomic E-state index is 13.8. The summed E-state index contributed by atoms with van der Waals surface area (Å²) < 4.78 is 13.8. The van der Waals surface area contributed by atoms with Crippen LogP contribution < -0.4 is 5.73 Å². The van der Waals surface area contributed by atoms with Gasteiger partial charge in [0, 0.05) is 32.9 Å². The molecule has 1 atom stereocenters. The summed E-state index contributed by atoms with van der Waals surface area (Å²) >= 11 is 0. The minimum atomic E-state index is -0.245. The van der Waals surface area contributed by atoms with Crippen LogP contribution in [-0.4, -0.2) is 43.1 Å². The first-order valence-electron chi connectivity index (χ1n) is 9.27. The monoisotopic (exact) mass is 392 g/mol. The third-order valence-corrected chi connectivity index (χ3v) is 5.13. The van der Waals surface area contributed by atoms with Gasteiger partial charge in [-0.25, -0.2) is 4.39 Å². The van der Waals surface area contributed by atoms with Crippen LogP contribution in [0, 0.1) is 18.2 Å². The number of carbonyl (C=O) groups excluding carboxylic acids is 1. The molecule has 3 N–H and O–H groups in total. The highest BCUT2D eigenvalue weighted by Crippen LogP contribution is 2.39. The summed E-state index contributed by atoms with van der Waals surface area (Å²) in [7, 11) is 5.28. The zero-order chi connectivity index (χ0) is 21.3. The number of hydrogen-bond acceptors (Lipinski definition) is 4. The number of anilines is 1. The standard InChI is InChI=1S/C23H25FN4O/c1-14-10-15(7-8-20(14)24)22-18(6-5-9-28(22)4)16-11-17(13-25)21(26)19(12-16)23(29)27(2)3/h5-13,22,25H,26H2,1-4H3. The lowest BCUT2D eigenvalue weighted by molar-refractivity contribution is 0.0828. The second kappa shape index (κ2) is 7.91. The van der Waals surface area contributed by atoms with Crippen LogP contribution in [0.25, 0.3) is 5.57 Å². The fraction of sp³-hybridized carbons (Fsp3) is 0.217. The van der Waals surface area contributed by atoms with E-state index >= 15 is 0 Å². The predicted octanol–water partition coefficient (Wildman–Crippen LogP) is 4.00. The Morgan fingerprint density at radius 3 is 2.62 bits per heavy atom. The van der Waals surface area contributed by atoms with E-state index in [1.807, 2.05) is 42.4 Å². The molecule has 0 fully saturated rings. The summed E-state index contributed by atoms with van der Waals surface area (Å²) in [5.74, 6) is -0.465. The number of halogens is 1. The van der Waals surface area contributed by atoms with Crippen molar-refractivity contribution in [3.8, 4) is 0 Å². The van der Waals surface area contributed by atoms with Crippen molar-refractivity contribution in [3.63, 3.8) is 0 Å². The molecule has 0 bridgehead atoms. The van der Waals surface area contributed by atoms with E-state index in [1.165, 1.54) is 11.0 Å². The second-order valence-electron chi connectivity index (χ2n) is 7.41. The summed E-state index contributed by atoms with van der Waals surface area (Å²) in [5, 5.41) is 7.73. The van der Waals surface area contributed by atoms with Gasteiger partial charge < -0.3 is 20.9 Å². The molecule has 150 valence electrons. The number of aryl methyl sites for hydroxylation is 1. The van der Waals surface area contributed by atoms with Gasteiger partial charge in [-0.3, -0.25) is 4.79 Å². The lowest BCUT2D eigenvalue weighted by atomic mass is 9.87. The lowest BCUT2D eigenvalue weighted by Gasteiger charge is -2.33. The number of carbonyl (C=O) groups is 1. The van der Waals surface area contributed by atoms with E-state index in [4.69, 9.17) is 11.1 Å². The Labute approximate surface area is 170 Å². The summed E-state index contributed by atoms with van der Waals surface area (Å²) in [5.41, 5.74) is 10.5. The number of allylic oxidation sites excluding steroid dienone is 2. The van der Waals surface area contributed by atoms with Crippen molar-refractivity contribution < 1.29 is 9.18 Å². The molecule has 0 radical (unpaired) electrons. The number of hydrogen-bond donors (Lipinski definition) is 2. The quantitative estimate of drug-likeness (QED) is 0.610.